The molecule has 1 rings (SSSR count). The summed E-state index contributed by atoms with van der Waals surface area (Å²) in [4.78, 5) is 13.6. The van der Waals surface area contributed by atoms with Crippen molar-refractivity contribution in [2.24, 2.45) is 5.73 Å². The highest BCUT2D eigenvalue weighted by Gasteiger charge is 2.22. The largest absolute Gasteiger partial charge is 0.383 e. The molecule has 0 heterocycles. The summed E-state index contributed by atoms with van der Waals surface area (Å²) in [5.41, 5.74) is 6.71. The van der Waals surface area contributed by atoms with E-state index in [1.165, 1.54) is 7.11 Å². The van der Waals surface area contributed by atoms with Gasteiger partial charge in [0.05, 0.1) is 12.6 Å². The van der Waals surface area contributed by atoms with Crippen molar-refractivity contribution in [2.45, 2.75) is 19.0 Å². The molecule has 1 aromatic rings. The molecule has 0 aliphatic heterocycles. The number of methoxy groups -OCH3 is 1. The number of nitrogens with two attached hydrogens (primary N) is 1. The molecule has 6 heteroatoms. The fraction of sp³-hybridized carbons (Fsp3) is 0.462. The third-order valence-corrected chi connectivity index (χ3v) is 3.16. The van der Waals surface area contributed by atoms with Crippen LogP contribution in [0.25, 0.3) is 0 Å². The Morgan fingerprint density at radius 3 is 2.68 bits per heavy atom. The highest BCUT2D eigenvalue weighted by Crippen LogP contribution is 2.22. The Balaban J connectivity index is 0.00000324. The predicted molar refractivity (Wildman–Crippen MR) is 79.7 cm³/mol. The van der Waals surface area contributed by atoms with Gasteiger partial charge in [-0.3, -0.25) is 4.79 Å². The van der Waals surface area contributed by atoms with Crippen molar-refractivity contribution in [3.8, 4) is 0 Å². The fourth-order valence-electron chi connectivity index (χ4n) is 1.69. The molecular weight excluding hydrogens is 287 g/mol. The Labute approximate surface area is 125 Å². The van der Waals surface area contributed by atoms with Gasteiger partial charge in [0.25, 0.3) is 0 Å². The molecule has 0 radical (unpaired) electrons. The van der Waals surface area contributed by atoms with Crippen LogP contribution in [0.4, 0.5) is 0 Å². The first kappa shape index (κ1) is 18.2. The van der Waals surface area contributed by atoms with Crippen LogP contribution < -0.4 is 5.73 Å². The molecule has 2 N–H and O–H groups in total. The van der Waals surface area contributed by atoms with Crippen molar-refractivity contribution in [1.82, 2.24) is 4.90 Å². The normalized spacial score (nSPS) is 13.3. The van der Waals surface area contributed by atoms with Crippen molar-refractivity contribution in [3.05, 3.63) is 34.9 Å². The van der Waals surface area contributed by atoms with Crippen molar-refractivity contribution in [2.75, 3.05) is 20.8 Å². The number of hydrogen-bond donors (Lipinski definition) is 1. The van der Waals surface area contributed by atoms with E-state index in [1.807, 2.05) is 25.1 Å². The van der Waals surface area contributed by atoms with Gasteiger partial charge in [0.15, 0.2) is 0 Å². The summed E-state index contributed by atoms with van der Waals surface area (Å²) in [7, 11) is 3.25. The van der Waals surface area contributed by atoms with Crippen LogP contribution in [0.1, 0.15) is 18.5 Å². The monoisotopic (exact) mass is 306 g/mol. The predicted octanol–water partition coefficient (Wildman–Crippen LogP) is 2.25. The molecular formula is C13H20Cl2N2O2. The minimum Gasteiger partial charge on any atom is -0.383 e. The van der Waals surface area contributed by atoms with Gasteiger partial charge < -0.3 is 15.4 Å². The molecule has 0 aliphatic rings. The third kappa shape index (κ3) is 4.99. The van der Waals surface area contributed by atoms with Crippen LogP contribution in [0, 0.1) is 0 Å². The minimum absolute atomic E-state index is 0. The van der Waals surface area contributed by atoms with E-state index in [0.717, 1.165) is 5.56 Å². The van der Waals surface area contributed by atoms with Gasteiger partial charge in [0.1, 0.15) is 6.04 Å². The van der Waals surface area contributed by atoms with Gasteiger partial charge in [-0.1, -0.05) is 23.7 Å². The standard InChI is InChI=1S/C13H19ClN2O2.ClH/c1-9(10-5-4-6-11(14)7-10)16(2)13(17)12(15)8-18-3;/h4-7,9,12H,8,15H2,1-3H3;1H. The summed E-state index contributed by atoms with van der Waals surface area (Å²) in [5.74, 6) is -0.149. The first-order valence-corrected chi connectivity index (χ1v) is 6.11. The Bertz CT molecular complexity index is 415. The number of amides is 1. The molecule has 0 aliphatic carbocycles. The van der Waals surface area contributed by atoms with Crippen LogP contribution in [0.2, 0.25) is 5.02 Å². The van der Waals surface area contributed by atoms with Crippen LogP contribution in [-0.2, 0) is 9.53 Å². The van der Waals surface area contributed by atoms with E-state index < -0.39 is 6.04 Å². The number of rotatable bonds is 5. The zero-order valence-electron chi connectivity index (χ0n) is 11.3. The van der Waals surface area contributed by atoms with Gasteiger partial charge >= 0.3 is 0 Å². The number of likely N-dealkylation sites (N-methyl/N-ethyl adjacent to an activating group) is 1. The maximum absolute atomic E-state index is 12.0. The molecule has 19 heavy (non-hydrogen) atoms. The van der Waals surface area contributed by atoms with Gasteiger partial charge in [0, 0.05) is 19.2 Å². The lowest BCUT2D eigenvalue weighted by Gasteiger charge is -2.27. The number of carbonyl (C=O) groups is 1. The number of hydrogen-bond acceptors (Lipinski definition) is 3. The second-order valence-electron chi connectivity index (χ2n) is 4.24. The lowest BCUT2D eigenvalue weighted by molar-refractivity contribution is -0.134. The Kier molecular flexibility index (Phi) is 8.02. The molecule has 2 atom stereocenters. The van der Waals surface area contributed by atoms with Crippen LogP contribution in [0.15, 0.2) is 24.3 Å². The van der Waals surface area contributed by atoms with E-state index >= 15 is 0 Å². The number of halogens is 2. The van der Waals surface area contributed by atoms with Crippen LogP contribution >= 0.6 is 24.0 Å². The molecule has 0 spiro atoms. The second kappa shape index (κ2) is 8.38. The number of nitrogens with zero attached hydrogens (tertiary/aromatic N) is 1. The van der Waals surface area contributed by atoms with Gasteiger partial charge in [0.2, 0.25) is 5.91 Å². The highest BCUT2D eigenvalue weighted by atomic mass is 35.5. The number of benzene rings is 1. The summed E-state index contributed by atoms with van der Waals surface area (Å²) in [6.07, 6.45) is 0. The summed E-state index contributed by atoms with van der Waals surface area (Å²) < 4.78 is 4.89. The molecule has 0 fully saturated rings. The Hall–Kier alpha value is -0.810. The minimum atomic E-state index is -0.637. The van der Waals surface area contributed by atoms with E-state index in [4.69, 9.17) is 22.1 Å². The zero-order chi connectivity index (χ0) is 13.7. The van der Waals surface area contributed by atoms with E-state index in [-0.39, 0.29) is 31.0 Å². The summed E-state index contributed by atoms with van der Waals surface area (Å²) in [6, 6.07) is 6.72. The van der Waals surface area contributed by atoms with Gasteiger partial charge in [-0.25, -0.2) is 0 Å². The molecule has 108 valence electrons. The molecule has 0 bridgehead atoms. The van der Waals surface area contributed by atoms with Crippen LogP contribution in [0.3, 0.4) is 0 Å². The van der Waals surface area contributed by atoms with Crippen LogP contribution in [0.5, 0.6) is 0 Å². The molecule has 0 saturated heterocycles. The Morgan fingerprint density at radius 1 is 1.53 bits per heavy atom. The van der Waals surface area contributed by atoms with Crippen molar-refractivity contribution < 1.29 is 9.53 Å². The number of carbonyl (C=O) groups excluding carboxylic acids is 1. The van der Waals surface area contributed by atoms with Gasteiger partial charge in [-0.05, 0) is 24.6 Å². The van der Waals surface area contributed by atoms with Crippen molar-refractivity contribution in [3.63, 3.8) is 0 Å². The number of ether oxygens (including phenoxy) is 1. The van der Waals surface area contributed by atoms with Crippen molar-refractivity contribution in [1.29, 1.82) is 0 Å². The zero-order valence-corrected chi connectivity index (χ0v) is 12.9. The van der Waals surface area contributed by atoms with Crippen molar-refractivity contribution >= 4 is 29.9 Å². The van der Waals surface area contributed by atoms with Crippen LogP contribution in [-0.4, -0.2) is 37.6 Å². The van der Waals surface area contributed by atoms with E-state index in [2.05, 4.69) is 0 Å². The maximum Gasteiger partial charge on any atom is 0.242 e. The lowest BCUT2D eigenvalue weighted by Crippen LogP contribution is -2.45. The summed E-state index contributed by atoms with van der Waals surface area (Å²) in [6.45, 7) is 2.15. The molecule has 1 aromatic carbocycles. The quantitative estimate of drug-likeness (QED) is 0.908. The highest BCUT2D eigenvalue weighted by molar-refractivity contribution is 6.30. The molecule has 2 unspecified atom stereocenters. The summed E-state index contributed by atoms with van der Waals surface area (Å²) in [5, 5.41) is 0.654. The van der Waals surface area contributed by atoms with E-state index in [9.17, 15) is 4.79 Å². The molecule has 0 aromatic heterocycles. The maximum atomic E-state index is 12.0. The van der Waals surface area contributed by atoms with Gasteiger partial charge in [-0.15, -0.1) is 12.4 Å². The second-order valence-corrected chi connectivity index (χ2v) is 4.68. The smallest absolute Gasteiger partial charge is 0.242 e. The fourth-order valence-corrected chi connectivity index (χ4v) is 1.89. The summed E-state index contributed by atoms with van der Waals surface area (Å²) >= 11 is 5.94. The van der Waals surface area contributed by atoms with E-state index in [1.54, 1.807) is 18.0 Å². The molecule has 1 amide bonds. The average molecular weight is 307 g/mol. The van der Waals surface area contributed by atoms with E-state index in [0.29, 0.717) is 5.02 Å². The topological polar surface area (TPSA) is 55.6 Å². The average Bonchev–Trinajstić information content (AvgIpc) is 2.36. The Morgan fingerprint density at radius 2 is 2.16 bits per heavy atom. The molecule has 0 saturated carbocycles. The third-order valence-electron chi connectivity index (χ3n) is 2.92. The SMILES string of the molecule is COCC(N)C(=O)N(C)C(C)c1cccc(Cl)c1.Cl. The first-order valence-electron chi connectivity index (χ1n) is 5.74. The molecule has 4 nitrogen and oxygen atoms in total. The lowest BCUT2D eigenvalue weighted by atomic mass is 10.1. The first-order chi connectivity index (χ1) is 8.47. The van der Waals surface area contributed by atoms with Gasteiger partial charge in [-0.2, -0.15) is 0 Å².